The normalized spacial score (nSPS) is 18.1. The van der Waals surface area contributed by atoms with Crippen molar-refractivity contribution in [3.05, 3.63) is 65.5 Å². The van der Waals surface area contributed by atoms with Crippen LogP contribution < -0.4 is 10.1 Å². The van der Waals surface area contributed by atoms with Crippen LogP contribution in [-0.4, -0.2) is 19.7 Å². The lowest BCUT2D eigenvalue weighted by Crippen LogP contribution is -2.24. The third kappa shape index (κ3) is 3.24. The van der Waals surface area contributed by atoms with Gasteiger partial charge in [-0.3, -0.25) is 0 Å². The van der Waals surface area contributed by atoms with E-state index in [2.05, 4.69) is 11.4 Å². The van der Waals surface area contributed by atoms with Crippen LogP contribution >= 0.6 is 0 Å². The molecule has 1 aliphatic heterocycles. The molecule has 21 heavy (non-hydrogen) atoms. The number of rotatable bonds is 5. The second-order valence-electron chi connectivity index (χ2n) is 5.60. The van der Waals surface area contributed by atoms with Crippen molar-refractivity contribution in [3.8, 4) is 5.75 Å². The Bertz CT molecular complexity index is 589. The summed E-state index contributed by atoms with van der Waals surface area (Å²) in [4.78, 5) is 0. The average Bonchev–Trinajstić information content (AvgIpc) is 2.89. The Labute approximate surface area is 125 Å². The van der Waals surface area contributed by atoms with E-state index in [1.807, 2.05) is 31.3 Å². The van der Waals surface area contributed by atoms with Crippen LogP contribution in [0.15, 0.2) is 48.5 Å². The first-order chi connectivity index (χ1) is 10.3. The lowest BCUT2D eigenvalue weighted by Gasteiger charge is -2.21. The van der Waals surface area contributed by atoms with Crippen molar-refractivity contribution in [2.24, 2.45) is 0 Å². The molecule has 110 valence electrons. The van der Waals surface area contributed by atoms with E-state index in [0.29, 0.717) is 0 Å². The molecule has 0 aromatic heterocycles. The number of benzene rings is 2. The minimum Gasteiger partial charge on any atom is -0.490 e. The van der Waals surface area contributed by atoms with Gasteiger partial charge in [0.25, 0.3) is 0 Å². The lowest BCUT2D eigenvalue weighted by atomic mass is 9.91. The third-order valence-corrected chi connectivity index (χ3v) is 4.03. The van der Waals surface area contributed by atoms with Crippen molar-refractivity contribution in [1.29, 1.82) is 0 Å². The van der Waals surface area contributed by atoms with Gasteiger partial charge in [-0.25, -0.2) is 4.39 Å². The predicted molar refractivity (Wildman–Crippen MR) is 82.2 cm³/mol. The maximum atomic E-state index is 13.4. The average molecular weight is 285 g/mol. The van der Waals surface area contributed by atoms with E-state index in [4.69, 9.17) is 4.74 Å². The number of hydrogen-bond donors (Lipinski definition) is 1. The van der Waals surface area contributed by atoms with Crippen LogP contribution in [0.25, 0.3) is 0 Å². The first-order valence-electron chi connectivity index (χ1n) is 7.41. The summed E-state index contributed by atoms with van der Waals surface area (Å²) in [5, 5.41) is 3.20. The van der Waals surface area contributed by atoms with Crippen LogP contribution in [0.5, 0.6) is 5.75 Å². The molecule has 0 bridgehead atoms. The lowest BCUT2D eigenvalue weighted by molar-refractivity contribution is 0.209. The van der Waals surface area contributed by atoms with Gasteiger partial charge in [0.1, 0.15) is 17.7 Å². The number of hydrogen-bond acceptors (Lipinski definition) is 2. The molecular weight excluding hydrogens is 265 g/mol. The van der Waals surface area contributed by atoms with Crippen molar-refractivity contribution < 1.29 is 9.13 Å². The third-order valence-electron chi connectivity index (χ3n) is 4.03. The van der Waals surface area contributed by atoms with Gasteiger partial charge in [0.15, 0.2) is 0 Å². The zero-order valence-corrected chi connectivity index (χ0v) is 12.2. The minimum atomic E-state index is -0.177. The monoisotopic (exact) mass is 285 g/mol. The highest BCUT2D eigenvalue weighted by Crippen LogP contribution is 2.33. The first-order valence-corrected chi connectivity index (χ1v) is 7.41. The van der Waals surface area contributed by atoms with Crippen LogP contribution in [0, 0.1) is 5.82 Å². The zero-order chi connectivity index (χ0) is 14.7. The molecule has 0 amide bonds. The molecule has 2 unspecified atom stereocenters. The van der Waals surface area contributed by atoms with Crippen molar-refractivity contribution in [2.45, 2.75) is 24.9 Å². The molecule has 0 spiro atoms. The molecule has 2 atom stereocenters. The van der Waals surface area contributed by atoms with Gasteiger partial charge >= 0.3 is 0 Å². The summed E-state index contributed by atoms with van der Waals surface area (Å²) >= 11 is 0. The van der Waals surface area contributed by atoms with E-state index < -0.39 is 0 Å². The van der Waals surface area contributed by atoms with Crippen LogP contribution in [-0.2, 0) is 6.42 Å². The Morgan fingerprint density at radius 2 is 2.10 bits per heavy atom. The number of nitrogens with one attached hydrogen (secondary N) is 1. The van der Waals surface area contributed by atoms with E-state index in [1.54, 1.807) is 12.1 Å². The number of halogens is 1. The number of fused-ring (bicyclic) bond motifs is 1. The highest BCUT2D eigenvalue weighted by Gasteiger charge is 2.26. The smallest absolute Gasteiger partial charge is 0.123 e. The maximum Gasteiger partial charge on any atom is 0.123 e. The second-order valence-corrected chi connectivity index (χ2v) is 5.60. The molecule has 2 aromatic carbocycles. The molecule has 0 aliphatic carbocycles. The maximum absolute atomic E-state index is 13.4. The first kappa shape index (κ1) is 14.1. The Morgan fingerprint density at radius 3 is 2.86 bits per heavy atom. The Morgan fingerprint density at radius 1 is 1.24 bits per heavy atom. The van der Waals surface area contributed by atoms with Gasteiger partial charge in [-0.15, -0.1) is 0 Å². The Balaban J connectivity index is 1.72. The van der Waals surface area contributed by atoms with E-state index >= 15 is 0 Å². The molecule has 3 heteroatoms. The van der Waals surface area contributed by atoms with Crippen molar-refractivity contribution in [2.75, 3.05) is 13.6 Å². The van der Waals surface area contributed by atoms with Crippen LogP contribution in [0.1, 0.15) is 23.5 Å². The van der Waals surface area contributed by atoms with Crippen molar-refractivity contribution in [3.63, 3.8) is 0 Å². The number of ether oxygens (including phenoxy) is 1. The van der Waals surface area contributed by atoms with Crippen LogP contribution in [0.4, 0.5) is 4.39 Å². The van der Waals surface area contributed by atoms with Crippen molar-refractivity contribution >= 4 is 0 Å². The standard InChI is InChI=1S/C18H20FNO/c1-20-12-15(13-6-4-7-16(19)9-13)11-17-10-14-5-2-3-8-18(14)21-17/h2-9,15,17,20H,10-12H2,1H3. The topological polar surface area (TPSA) is 21.3 Å². The summed E-state index contributed by atoms with van der Waals surface area (Å²) in [6.07, 6.45) is 1.99. The summed E-state index contributed by atoms with van der Waals surface area (Å²) in [7, 11) is 1.93. The molecule has 2 nitrogen and oxygen atoms in total. The molecule has 1 N–H and O–H groups in total. The van der Waals surface area contributed by atoms with E-state index in [9.17, 15) is 4.39 Å². The van der Waals surface area contributed by atoms with Gasteiger partial charge in [0.2, 0.25) is 0 Å². The highest BCUT2D eigenvalue weighted by atomic mass is 19.1. The van der Waals surface area contributed by atoms with Gasteiger partial charge in [-0.1, -0.05) is 30.3 Å². The van der Waals surface area contributed by atoms with Crippen LogP contribution in [0.3, 0.4) is 0 Å². The fourth-order valence-electron chi connectivity index (χ4n) is 3.05. The number of likely N-dealkylation sites (N-methyl/N-ethyl adjacent to an activating group) is 1. The molecule has 1 aliphatic rings. The molecule has 0 fully saturated rings. The summed E-state index contributed by atoms with van der Waals surface area (Å²) in [6.45, 7) is 0.819. The van der Waals surface area contributed by atoms with E-state index in [-0.39, 0.29) is 17.8 Å². The van der Waals surface area contributed by atoms with Gasteiger partial charge in [0.05, 0.1) is 0 Å². The summed E-state index contributed by atoms with van der Waals surface area (Å²) in [5.41, 5.74) is 2.30. The van der Waals surface area contributed by atoms with Crippen molar-refractivity contribution in [1.82, 2.24) is 5.32 Å². The minimum absolute atomic E-state index is 0.170. The quantitative estimate of drug-likeness (QED) is 0.907. The summed E-state index contributed by atoms with van der Waals surface area (Å²) < 4.78 is 19.5. The van der Waals surface area contributed by atoms with E-state index in [1.165, 1.54) is 11.6 Å². The SMILES string of the molecule is CNCC(CC1Cc2ccccc2O1)c1cccc(F)c1. The molecule has 3 rings (SSSR count). The molecule has 0 saturated carbocycles. The fraction of sp³-hybridized carbons (Fsp3) is 0.333. The number of para-hydroxylation sites is 1. The Kier molecular flexibility index (Phi) is 4.20. The Hall–Kier alpha value is -1.87. The van der Waals surface area contributed by atoms with Crippen LogP contribution in [0.2, 0.25) is 0 Å². The van der Waals surface area contributed by atoms with Gasteiger partial charge in [0, 0.05) is 13.0 Å². The van der Waals surface area contributed by atoms with E-state index in [0.717, 1.165) is 30.7 Å². The van der Waals surface area contributed by atoms with Gasteiger partial charge in [-0.2, -0.15) is 0 Å². The predicted octanol–water partition coefficient (Wildman–Crippen LogP) is 3.52. The van der Waals surface area contributed by atoms with Gasteiger partial charge in [-0.05, 0) is 48.7 Å². The molecule has 1 heterocycles. The fourth-order valence-corrected chi connectivity index (χ4v) is 3.05. The zero-order valence-electron chi connectivity index (χ0n) is 12.2. The molecule has 2 aromatic rings. The highest BCUT2D eigenvalue weighted by molar-refractivity contribution is 5.37. The van der Waals surface area contributed by atoms with Gasteiger partial charge < -0.3 is 10.1 Å². The summed E-state index contributed by atoms with van der Waals surface area (Å²) in [5.74, 6) is 1.07. The molecule has 0 saturated heterocycles. The molecular formula is C18H20FNO. The summed E-state index contributed by atoms with van der Waals surface area (Å²) in [6, 6.07) is 15.1. The molecule has 0 radical (unpaired) electrons. The second kappa shape index (κ2) is 6.27. The largest absolute Gasteiger partial charge is 0.490 e.